The number of hydrogen-bond acceptors (Lipinski definition) is 3. The van der Waals surface area contributed by atoms with Crippen LogP contribution in [0.3, 0.4) is 0 Å². The third-order valence-corrected chi connectivity index (χ3v) is 6.06. The number of aromatic amines is 1. The van der Waals surface area contributed by atoms with Crippen LogP contribution < -0.4 is 10.1 Å². The van der Waals surface area contributed by atoms with Crippen molar-refractivity contribution in [2.24, 2.45) is 0 Å². The van der Waals surface area contributed by atoms with E-state index in [1.807, 2.05) is 50.4 Å². The Hall–Kier alpha value is -3.57. The lowest BCUT2D eigenvalue weighted by molar-refractivity contribution is 0.0912. The zero-order valence-corrected chi connectivity index (χ0v) is 20.2. The van der Waals surface area contributed by atoms with E-state index in [1.54, 1.807) is 0 Å². The third-order valence-electron chi connectivity index (χ3n) is 6.06. The first-order valence-electron chi connectivity index (χ1n) is 11.7. The second kappa shape index (κ2) is 10.1. The van der Waals surface area contributed by atoms with Gasteiger partial charge in [-0.25, -0.2) is 0 Å². The van der Waals surface area contributed by atoms with Crippen molar-refractivity contribution in [3.63, 3.8) is 0 Å². The number of aryl methyl sites for hydroxylation is 3. The normalized spacial score (nSPS) is 12.0. The molecule has 4 aromatic rings. The zero-order valence-electron chi connectivity index (χ0n) is 20.2. The van der Waals surface area contributed by atoms with Gasteiger partial charge >= 0.3 is 0 Å². The van der Waals surface area contributed by atoms with Crippen LogP contribution in [0.15, 0.2) is 60.8 Å². The Morgan fingerprint density at radius 1 is 1.03 bits per heavy atom. The lowest BCUT2D eigenvalue weighted by atomic mass is 9.96. The van der Waals surface area contributed by atoms with Crippen molar-refractivity contribution in [1.29, 1.82) is 0 Å². The number of para-hydroxylation sites is 1. The molecule has 3 N–H and O–H groups in total. The fourth-order valence-electron chi connectivity index (χ4n) is 4.58. The summed E-state index contributed by atoms with van der Waals surface area (Å²) in [6.07, 6.45) is 2.46. The summed E-state index contributed by atoms with van der Waals surface area (Å²) in [5, 5.41) is 14.2. The van der Waals surface area contributed by atoms with Crippen LogP contribution in [0.2, 0.25) is 0 Å². The minimum absolute atomic E-state index is 0.162. The zero-order chi connectivity index (χ0) is 24.2. The van der Waals surface area contributed by atoms with Crippen molar-refractivity contribution in [3.8, 4) is 16.9 Å². The molecule has 0 unspecified atom stereocenters. The summed E-state index contributed by atoms with van der Waals surface area (Å²) < 4.78 is 5.88. The maximum atomic E-state index is 13.5. The van der Waals surface area contributed by atoms with Gasteiger partial charge in [-0.05, 0) is 74.6 Å². The molecule has 176 valence electrons. The highest BCUT2D eigenvalue weighted by atomic mass is 16.5. The summed E-state index contributed by atoms with van der Waals surface area (Å²) in [6, 6.07) is 17.9. The molecule has 5 heteroatoms. The summed E-state index contributed by atoms with van der Waals surface area (Å²) in [4.78, 5) is 16.7. The Kier molecular flexibility index (Phi) is 7.03. The number of carbonyl (C=O) groups is 1. The highest BCUT2D eigenvalue weighted by Gasteiger charge is 2.21. The standard InChI is InChI=1S/C29H32N2O3/c1-5-34-28-20(4)13-22(21-11-18(2)10-19(3)12-21)15-26(28)29(33)31-24(17-32)14-23-16-30-27-9-7-6-8-25(23)27/h6-13,15-16,24,30,32H,5,14,17H2,1-4H3,(H,31,33)/t24-/m1/s1. The van der Waals surface area contributed by atoms with Crippen LogP contribution in [0.4, 0.5) is 0 Å². The molecule has 0 aliphatic carbocycles. The molecule has 0 saturated carbocycles. The summed E-state index contributed by atoms with van der Waals surface area (Å²) in [5.74, 6) is 0.327. The van der Waals surface area contributed by atoms with E-state index in [0.717, 1.165) is 33.2 Å². The fraction of sp³-hybridized carbons (Fsp3) is 0.276. The molecule has 1 heterocycles. The summed E-state index contributed by atoms with van der Waals surface area (Å²) in [6.45, 7) is 8.31. The van der Waals surface area contributed by atoms with Crippen molar-refractivity contribution in [2.75, 3.05) is 13.2 Å². The molecular weight excluding hydrogens is 424 g/mol. The van der Waals surface area contributed by atoms with Crippen LogP contribution in [0.25, 0.3) is 22.0 Å². The Morgan fingerprint density at radius 3 is 2.44 bits per heavy atom. The van der Waals surface area contributed by atoms with E-state index in [4.69, 9.17) is 4.74 Å². The molecule has 1 atom stereocenters. The molecule has 0 bridgehead atoms. The molecule has 3 aromatic carbocycles. The average molecular weight is 457 g/mol. The number of aromatic nitrogens is 1. The quantitative estimate of drug-likeness (QED) is 0.328. The smallest absolute Gasteiger partial charge is 0.255 e. The molecule has 0 spiro atoms. The van der Waals surface area contributed by atoms with Gasteiger partial charge in [-0.1, -0.05) is 47.5 Å². The Bertz CT molecular complexity index is 1300. The average Bonchev–Trinajstić information content (AvgIpc) is 3.22. The first kappa shape index (κ1) is 23.6. The predicted octanol–water partition coefficient (Wildman–Crippen LogP) is 5.49. The van der Waals surface area contributed by atoms with E-state index in [1.165, 1.54) is 11.1 Å². The number of H-pyrrole nitrogens is 1. The van der Waals surface area contributed by atoms with E-state index >= 15 is 0 Å². The van der Waals surface area contributed by atoms with E-state index in [-0.39, 0.29) is 12.5 Å². The van der Waals surface area contributed by atoms with Crippen molar-refractivity contribution in [1.82, 2.24) is 10.3 Å². The number of amides is 1. The van der Waals surface area contributed by atoms with Gasteiger partial charge in [-0.3, -0.25) is 4.79 Å². The minimum atomic E-state index is -0.425. The number of ether oxygens (including phenoxy) is 1. The number of aliphatic hydroxyl groups excluding tert-OH is 1. The number of nitrogens with one attached hydrogen (secondary N) is 2. The molecule has 5 nitrogen and oxygen atoms in total. The van der Waals surface area contributed by atoms with Crippen molar-refractivity contribution >= 4 is 16.8 Å². The van der Waals surface area contributed by atoms with Crippen molar-refractivity contribution in [2.45, 2.75) is 40.2 Å². The fourth-order valence-corrected chi connectivity index (χ4v) is 4.58. The second-order valence-corrected chi connectivity index (χ2v) is 8.90. The number of rotatable bonds is 8. The van der Waals surface area contributed by atoms with E-state index in [0.29, 0.717) is 24.3 Å². The van der Waals surface area contributed by atoms with Gasteiger partial charge in [-0.15, -0.1) is 0 Å². The van der Waals surface area contributed by atoms with Crippen LogP contribution >= 0.6 is 0 Å². The Morgan fingerprint density at radius 2 is 1.74 bits per heavy atom. The first-order valence-corrected chi connectivity index (χ1v) is 11.7. The maximum Gasteiger partial charge on any atom is 0.255 e. The van der Waals surface area contributed by atoms with E-state index in [2.05, 4.69) is 48.4 Å². The summed E-state index contributed by atoms with van der Waals surface area (Å²) in [5.41, 5.74) is 7.86. The topological polar surface area (TPSA) is 74.3 Å². The van der Waals surface area contributed by atoms with E-state index < -0.39 is 6.04 Å². The maximum absolute atomic E-state index is 13.5. The largest absolute Gasteiger partial charge is 0.493 e. The Labute approximate surface area is 200 Å². The molecule has 1 amide bonds. The molecule has 34 heavy (non-hydrogen) atoms. The molecule has 0 radical (unpaired) electrons. The van der Waals surface area contributed by atoms with Crippen LogP contribution in [0.5, 0.6) is 5.75 Å². The number of carbonyl (C=O) groups excluding carboxylic acids is 1. The van der Waals surface area contributed by atoms with E-state index in [9.17, 15) is 9.90 Å². The number of aliphatic hydroxyl groups is 1. The van der Waals surface area contributed by atoms with Gasteiger partial charge in [0.25, 0.3) is 5.91 Å². The van der Waals surface area contributed by atoms with Gasteiger partial charge in [0, 0.05) is 17.1 Å². The molecule has 1 aromatic heterocycles. The third kappa shape index (κ3) is 5.00. The SMILES string of the molecule is CCOc1c(C)cc(-c2cc(C)cc(C)c2)cc1C(=O)N[C@@H](CO)Cc1c[nH]c2ccccc12. The summed E-state index contributed by atoms with van der Waals surface area (Å²) >= 11 is 0. The first-order chi connectivity index (χ1) is 16.4. The molecule has 0 aliphatic rings. The van der Waals surface area contributed by atoms with Gasteiger partial charge in [0.15, 0.2) is 0 Å². The molecule has 0 aliphatic heterocycles. The van der Waals surface area contributed by atoms with Crippen LogP contribution in [0.1, 0.15) is 39.5 Å². The van der Waals surface area contributed by atoms with Gasteiger partial charge in [0.1, 0.15) is 5.75 Å². The van der Waals surface area contributed by atoms with Crippen LogP contribution in [0, 0.1) is 20.8 Å². The molecule has 4 rings (SSSR count). The second-order valence-electron chi connectivity index (χ2n) is 8.90. The number of fused-ring (bicyclic) bond motifs is 1. The van der Waals surface area contributed by atoms with Gasteiger partial charge in [0.05, 0.1) is 24.8 Å². The lowest BCUT2D eigenvalue weighted by Crippen LogP contribution is -2.39. The molecule has 0 fully saturated rings. The van der Waals surface area contributed by atoms with Gasteiger partial charge < -0.3 is 20.1 Å². The molecule has 0 saturated heterocycles. The van der Waals surface area contributed by atoms with Gasteiger partial charge in [-0.2, -0.15) is 0 Å². The lowest BCUT2D eigenvalue weighted by Gasteiger charge is -2.20. The summed E-state index contributed by atoms with van der Waals surface area (Å²) in [7, 11) is 0. The molecular formula is C29H32N2O3. The van der Waals surface area contributed by atoms with Crippen molar-refractivity contribution in [3.05, 3.63) is 88.6 Å². The highest BCUT2D eigenvalue weighted by Crippen LogP contribution is 2.32. The van der Waals surface area contributed by atoms with Crippen LogP contribution in [-0.2, 0) is 6.42 Å². The van der Waals surface area contributed by atoms with Crippen molar-refractivity contribution < 1.29 is 14.6 Å². The highest BCUT2D eigenvalue weighted by molar-refractivity contribution is 5.99. The number of hydrogen-bond donors (Lipinski definition) is 3. The predicted molar refractivity (Wildman–Crippen MR) is 138 cm³/mol. The Balaban J connectivity index is 1.65. The van der Waals surface area contributed by atoms with Gasteiger partial charge in [0.2, 0.25) is 0 Å². The van der Waals surface area contributed by atoms with Crippen LogP contribution in [-0.4, -0.2) is 35.3 Å². The minimum Gasteiger partial charge on any atom is -0.493 e. The number of benzene rings is 3. The monoisotopic (exact) mass is 456 g/mol.